The SMILES string of the molecule is Cc1cc(S(=O)(=O)C23CCN(C(=O)C4CCN(S(C)(=O)=O)CC4)C2CCc2cc(C(F)(C(F)(F)F)C(F)(F)F)ccc23)ccc1F. The molecule has 17 heteroatoms. The molecule has 2 heterocycles. The molecule has 2 aliphatic heterocycles. The smallest absolute Gasteiger partial charge is 0.337 e. The van der Waals surface area contributed by atoms with Crippen LogP contribution in [0.4, 0.5) is 35.1 Å². The van der Waals surface area contributed by atoms with Gasteiger partial charge in [0.25, 0.3) is 0 Å². The number of sulfone groups is 1. The Bertz CT molecular complexity index is 1760. The van der Waals surface area contributed by atoms with Gasteiger partial charge in [-0.25, -0.2) is 29.9 Å². The lowest BCUT2D eigenvalue weighted by molar-refractivity contribution is -0.348. The summed E-state index contributed by atoms with van der Waals surface area (Å²) >= 11 is 0. The molecule has 0 bridgehead atoms. The fourth-order valence-corrected chi connectivity index (χ4v) is 10.5. The number of carbonyl (C=O) groups is 1. The highest BCUT2D eigenvalue weighted by atomic mass is 32.2. The van der Waals surface area contributed by atoms with Gasteiger partial charge in [-0.3, -0.25) is 4.79 Å². The van der Waals surface area contributed by atoms with Gasteiger partial charge in [0.2, 0.25) is 15.9 Å². The average Bonchev–Trinajstić information content (AvgIpc) is 3.37. The molecule has 2 saturated heterocycles. The van der Waals surface area contributed by atoms with E-state index < -0.39 is 71.9 Å². The molecule has 1 amide bonds. The van der Waals surface area contributed by atoms with Gasteiger partial charge in [-0.05, 0) is 73.9 Å². The van der Waals surface area contributed by atoms with Crippen LogP contribution in [0.25, 0.3) is 0 Å². The molecule has 2 fully saturated rings. The van der Waals surface area contributed by atoms with Gasteiger partial charge < -0.3 is 4.90 Å². The molecule has 2 atom stereocenters. The number of alkyl halides is 7. The van der Waals surface area contributed by atoms with E-state index in [4.69, 9.17) is 0 Å². The van der Waals surface area contributed by atoms with E-state index in [9.17, 15) is 52.4 Å². The normalized spacial score (nSPS) is 23.7. The molecule has 0 aromatic heterocycles. The summed E-state index contributed by atoms with van der Waals surface area (Å²) in [6.45, 7) is 1.28. The van der Waals surface area contributed by atoms with E-state index in [2.05, 4.69) is 0 Å². The first-order chi connectivity index (χ1) is 21.1. The largest absolute Gasteiger partial charge is 0.435 e. The number of aryl methyl sites for hydroxylation is 2. The summed E-state index contributed by atoms with van der Waals surface area (Å²) in [5.74, 6) is -1.84. The molecule has 2 aromatic carbocycles. The summed E-state index contributed by atoms with van der Waals surface area (Å²) in [6, 6.07) is 3.28. The fraction of sp³-hybridized carbons (Fsp3) is 0.552. The van der Waals surface area contributed by atoms with Gasteiger partial charge in [-0.2, -0.15) is 26.3 Å². The molecule has 2 aromatic rings. The summed E-state index contributed by atoms with van der Waals surface area (Å²) in [4.78, 5) is 14.8. The molecular weight excluding hydrogens is 672 g/mol. The Morgan fingerprint density at radius 2 is 1.48 bits per heavy atom. The molecule has 0 N–H and O–H groups in total. The van der Waals surface area contributed by atoms with E-state index in [1.54, 1.807) is 0 Å². The zero-order chi connectivity index (χ0) is 34.3. The van der Waals surface area contributed by atoms with Crippen molar-refractivity contribution in [1.82, 2.24) is 9.21 Å². The Morgan fingerprint density at radius 3 is 2.02 bits per heavy atom. The first kappa shape index (κ1) is 34.5. The van der Waals surface area contributed by atoms with Gasteiger partial charge in [0.15, 0.2) is 9.84 Å². The zero-order valence-corrected chi connectivity index (χ0v) is 26.2. The number of hydrogen-bond acceptors (Lipinski definition) is 5. The van der Waals surface area contributed by atoms with Crippen LogP contribution in [-0.2, 0) is 41.5 Å². The van der Waals surface area contributed by atoms with Crippen LogP contribution in [0.1, 0.15) is 47.9 Å². The number of halogens is 8. The van der Waals surface area contributed by atoms with Crippen LogP contribution in [0.5, 0.6) is 0 Å². The first-order valence-electron chi connectivity index (χ1n) is 14.3. The third-order valence-electron chi connectivity index (χ3n) is 9.54. The minimum absolute atomic E-state index is 0.0402. The van der Waals surface area contributed by atoms with Gasteiger partial charge in [0.1, 0.15) is 10.6 Å². The number of benzene rings is 2. The number of likely N-dealkylation sites (tertiary alicyclic amines) is 1. The second kappa shape index (κ2) is 11.1. The van der Waals surface area contributed by atoms with Gasteiger partial charge in [-0.15, -0.1) is 0 Å². The molecule has 1 aliphatic carbocycles. The lowest BCUT2D eigenvalue weighted by atomic mass is 9.76. The highest BCUT2D eigenvalue weighted by Crippen LogP contribution is 2.57. The molecule has 46 heavy (non-hydrogen) atoms. The van der Waals surface area contributed by atoms with Crippen molar-refractivity contribution in [3.63, 3.8) is 0 Å². The van der Waals surface area contributed by atoms with E-state index in [0.29, 0.717) is 6.07 Å². The summed E-state index contributed by atoms with van der Waals surface area (Å²) in [5, 5.41) is 0. The van der Waals surface area contributed by atoms with Crippen molar-refractivity contribution in [2.75, 3.05) is 25.9 Å². The lowest BCUT2D eigenvalue weighted by Gasteiger charge is -2.44. The highest BCUT2D eigenvalue weighted by molar-refractivity contribution is 7.92. The van der Waals surface area contributed by atoms with Crippen LogP contribution < -0.4 is 0 Å². The van der Waals surface area contributed by atoms with Crippen molar-refractivity contribution in [1.29, 1.82) is 0 Å². The van der Waals surface area contributed by atoms with Crippen molar-refractivity contribution in [2.24, 2.45) is 5.92 Å². The summed E-state index contributed by atoms with van der Waals surface area (Å²) < 4.78 is 163. The Kier molecular flexibility index (Phi) is 8.37. The Hall–Kier alpha value is -2.79. The van der Waals surface area contributed by atoms with Crippen LogP contribution in [0.3, 0.4) is 0 Å². The molecule has 5 rings (SSSR count). The number of carbonyl (C=O) groups excluding carboxylic acids is 1. The van der Waals surface area contributed by atoms with Gasteiger partial charge in [0, 0.05) is 31.1 Å². The third kappa shape index (κ3) is 5.20. The quantitative estimate of drug-likeness (QED) is 0.311. The summed E-state index contributed by atoms with van der Waals surface area (Å²) in [7, 11) is -8.14. The van der Waals surface area contributed by atoms with Crippen LogP contribution >= 0.6 is 0 Å². The van der Waals surface area contributed by atoms with Crippen molar-refractivity contribution in [3.8, 4) is 0 Å². The van der Waals surface area contributed by atoms with E-state index in [1.165, 1.54) is 16.1 Å². The van der Waals surface area contributed by atoms with E-state index >= 15 is 4.39 Å². The topological polar surface area (TPSA) is 91.8 Å². The summed E-state index contributed by atoms with van der Waals surface area (Å²) in [6.07, 6.45) is -12.2. The Morgan fingerprint density at radius 1 is 0.870 bits per heavy atom. The molecule has 7 nitrogen and oxygen atoms in total. The maximum Gasteiger partial charge on any atom is 0.435 e. The molecule has 0 spiro atoms. The number of fused-ring (bicyclic) bond motifs is 3. The van der Waals surface area contributed by atoms with Crippen molar-refractivity contribution in [2.45, 2.75) is 72.7 Å². The number of sulfonamides is 1. The summed E-state index contributed by atoms with van der Waals surface area (Å²) in [5.41, 5.74) is -7.93. The standard InChI is InChI=1S/C29H30F8N2O5S2/c1-17-15-21(5-7-23(17)30)46(43,44)26-11-14-39(25(40)18-9-12-38(13-10-18)45(2,41)42)24(26)8-3-19-16-20(4-6-22(19)26)27(31,28(32,33)34)29(35,36)37/h4-7,15-16,18,24H,3,8-14H2,1-2H3. The minimum Gasteiger partial charge on any atom is -0.337 e. The molecule has 254 valence electrons. The van der Waals surface area contributed by atoms with Crippen LogP contribution in [0, 0.1) is 18.7 Å². The first-order valence-corrected chi connectivity index (χ1v) is 17.6. The van der Waals surface area contributed by atoms with Crippen LogP contribution in [0.2, 0.25) is 0 Å². The van der Waals surface area contributed by atoms with Gasteiger partial charge in [0.05, 0.1) is 17.2 Å². The van der Waals surface area contributed by atoms with Crippen molar-refractivity contribution >= 4 is 25.8 Å². The molecular formula is C29H30F8N2O5S2. The second-order valence-electron chi connectivity index (χ2n) is 12.1. The monoisotopic (exact) mass is 702 g/mol. The number of nitrogens with zero attached hydrogens (tertiary/aromatic N) is 2. The molecule has 2 unspecified atom stereocenters. The van der Waals surface area contributed by atoms with E-state index in [1.807, 2.05) is 0 Å². The predicted octanol–water partition coefficient (Wildman–Crippen LogP) is 5.31. The molecule has 0 radical (unpaired) electrons. The number of rotatable bonds is 5. The van der Waals surface area contributed by atoms with Gasteiger partial charge in [-0.1, -0.05) is 18.2 Å². The van der Waals surface area contributed by atoms with Crippen LogP contribution in [-0.4, -0.2) is 76.2 Å². The molecule has 0 saturated carbocycles. The van der Waals surface area contributed by atoms with Crippen LogP contribution in [0.15, 0.2) is 41.3 Å². The van der Waals surface area contributed by atoms with Crippen molar-refractivity contribution < 1.29 is 56.8 Å². The highest BCUT2D eigenvalue weighted by Gasteiger charge is 2.74. The number of hydrogen-bond donors (Lipinski definition) is 0. The maximum atomic E-state index is 15.0. The fourth-order valence-electron chi connectivity index (χ4n) is 7.16. The Balaban J connectivity index is 1.63. The lowest BCUT2D eigenvalue weighted by Crippen LogP contribution is -2.54. The maximum absolute atomic E-state index is 15.0. The van der Waals surface area contributed by atoms with Gasteiger partial charge >= 0.3 is 18.0 Å². The molecule has 3 aliphatic rings. The predicted molar refractivity (Wildman–Crippen MR) is 149 cm³/mol. The Labute approximate surface area is 260 Å². The average molecular weight is 703 g/mol. The van der Waals surface area contributed by atoms with E-state index in [-0.39, 0.29) is 79.4 Å². The van der Waals surface area contributed by atoms with E-state index in [0.717, 1.165) is 30.5 Å². The zero-order valence-electron chi connectivity index (χ0n) is 24.6. The van der Waals surface area contributed by atoms with Crippen molar-refractivity contribution in [3.05, 3.63) is 64.5 Å². The number of piperidine rings is 1. The number of amides is 1. The third-order valence-corrected chi connectivity index (χ3v) is 13.4. The minimum atomic E-state index is -6.38. The second-order valence-corrected chi connectivity index (χ2v) is 16.3.